The summed E-state index contributed by atoms with van der Waals surface area (Å²) >= 11 is 0. The van der Waals surface area contributed by atoms with Crippen LogP contribution in [0, 0.1) is 20.8 Å². The van der Waals surface area contributed by atoms with Crippen LogP contribution in [0.15, 0.2) is 36.4 Å². The Morgan fingerprint density at radius 1 is 0.405 bits per heavy atom. The standard InChI is InChI=1S/C30H36O9S3/c1-19-7-25-16-41(33,34)15-24-12-30(39-6)27(9-21(24)3)18-42(35,36)17-26-8-20(2)23(11-29(26)38-5)14-40(31,32)13-22(19)10-28(25)37-4/h7-12H,13-18H2,1-6H3. The number of hydrogen-bond donors (Lipinski definition) is 0. The zero-order valence-electron chi connectivity index (χ0n) is 24.6. The van der Waals surface area contributed by atoms with Crippen molar-refractivity contribution in [3.05, 3.63) is 86.5 Å². The van der Waals surface area contributed by atoms with Crippen LogP contribution in [-0.2, 0) is 64.0 Å². The third-order valence-corrected chi connectivity index (χ3v) is 12.0. The van der Waals surface area contributed by atoms with E-state index in [1.165, 1.54) is 21.3 Å². The highest BCUT2D eigenvalue weighted by atomic mass is 32.2. The van der Waals surface area contributed by atoms with Gasteiger partial charge in [0.2, 0.25) is 0 Å². The molecule has 3 aromatic rings. The third-order valence-electron chi connectivity index (χ3n) is 7.47. The summed E-state index contributed by atoms with van der Waals surface area (Å²) in [7, 11) is -6.91. The second-order valence-corrected chi connectivity index (χ2v) is 17.1. The predicted molar refractivity (Wildman–Crippen MR) is 162 cm³/mol. The smallest absolute Gasteiger partial charge is 0.158 e. The quantitative estimate of drug-likeness (QED) is 0.413. The largest absolute Gasteiger partial charge is 0.496 e. The number of benzene rings is 3. The van der Waals surface area contributed by atoms with Gasteiger partial charge in [0.25, 0.3) is 0 Å². The molecule has 0 aliphatic carbocycles. The zero-order chi connectivity index (χ0) is 31.0. The summed E-state index contributed by atoms with van der Waals surface area (Å²) < 4.78 is 96.6. The summed E-state index contributed by atoms with van der Waals surface area (Å²) in [5.41, 5.74) is 4.62. The minimum absolute atomic E-state index is 0.279. The molecule has 0 fully saturated rings. The molecule has 3 aromatic carbocycles. The highest BCUT2D eigenvalue weighted by molar-refractivity contribution is 7.90. The van der Waals surface area contributed by atoms with Gasteiger partial charge in [0.1, 0.15) is 17.2 Å². The van der Waals surface area contributed by atoms with Crippen LogP contribution >= 0.6 is 0 Å². The van der Waals surface area contributed by atoms with Gasteiger partial charge in [-0.1, -0.05) is 18.2 Å². The van der Waals surface area contributed by atoms with Gasteiger partial charge in [0.15, 0.2) is 29.5 Å². The first-order chi connectivity index (χ1) is 19.5. The fourth-order valence-electron chi connectivity index (χ4n) is 5.32. The lowest BCUT2D eigenvalue weighted by Crippen LogP contribution is -2.12. The Hall–Kier alpha value is -3.09. The second kappa shape index (κ2) is 11.9. The number of hydrogen-bond acceptors (Lipinski definition) is 9. The highest BCUT2D eigenvalue weighted by Crippen LogP contribution is 2.33. The van der Waals surface area contributed by atoms with Crippen LogP contribution < -0.4 is 14.2 Å². The fraction of sp³-hybridized carbons (Fsp3) is 0.400. The zero-order valence-corrected chi connectivity index (χ0v) is 27.1. The number of ether oxygens (including phenoxy) is 3. The van der Waals surface area contributed by atoms with E-state index in [1.54, 1.807) is 57.2 Å². The SMILES string of the molecule is COc1cc2c(C)cc1CS(=O)(=O)Cc1cc(OC)c(cc1C)CS(=O)(=O)Cc1cc(C)c(cc1OC)CS(=O)(=O)C2. The number of aryl methyl sites for hydroxylation is 3. The summed E-state index contributed by atoms with van der Waals surface area (Å²) in [6, 6.07) is 9.72. The van der Waals surface area contributed by atoms with Gasteiger partial charge in [-0.25, -0.2) is 25.3 Å². The Morgan fingerprint density at radius 3 is 0.833 bits per heavy atom. The molecule has 0 amide bonds. The van der Waals surface area contributed by atoms with Crippen molar-refractivity contribution in [2.45, 2.75) is 55.3 Å². The molecule has 6 bridgehead atoms. The summed E-state index contributed by atoms with van der Waals surface area (Å²) in [4.78, 5) is 0. The summed E-state index contributed by atoms with van der Waals surface area (Å²) in [5.74, 6) is -1.03. The van der Waals surface area contributed by atoms with E-state index in [1.807, 2.05) is 0 Å². The highest BCUT2D eigenvalue weighted by Gasteiger charge is 2.25. The van der Waals surface area contributed by atoms with Crippen LogP contribution in [0.1, 0.15) is 50.1 Å². The van der Waals surface area contributed by atoms with Crippen molar-refractivity contribution in [1.29, 1.82) is 0 Å². The molecule has 9 rings (SSSR count). The summed E-state index contributed by atoms with van der Waals surface area (Å²) in [6.07, 6.45) is 0. The van der Waals surface area contributed by atoms with Crippen LogP contribution in [0.25, 0.3) is 0 Å². The molecule has 228 valence electrons. The van der Waals surface area contributed by atoms with Gasteiger partial charge >= 0.3 is 0 Å². The van der Waals surface area contributed by atoms with Crippen LogP contribution in [0.2, 0.25) is 0 Å². The maximum Gasteiger partial charge on any atom is 0.158 e. The average Bonchev–Trinajstić information content (AvgIpc) is 2.87. The molecule has 0 atom stereocenters. The monoisotopic (exact) mass is 636 g/mol. The Morgan fingerprint density at radius 2 is 0.619 bits per heavy atom. The number of methoxy groups -OCH3 is 3. The van der Waals surface area contributed by atoms with Gasteiger partial charge in [0, 0.05) is 16.7 Å². The van der Waals surface area contributed by atoms with E-state index < -0.39 is 29.5 Å². The molecule has 42 heavy (non-hydrogen) atoms. The van der Waals surface area contributed by atoms with Crippen molar-refractivity contribution < 1.29 is 39.5 Å². The van der Waals surface area contributed by atoms with Crippen LogP contribution in [0.3, 0.4) is 0 Å². The van der Waals surface area contributed by atoms with Crippen molar-refractivity contribution in [3.8, 4) is 17.2 Å². The van der Waals surface area contributed by atoms with E-state index >= 15 is 0 Å². The van der Waals surface area contributed by atoms with E-state index in [-0.39, 0.29) is 51.8 Å². The molecular formula is C30H36O9S3. The molecule has 0 spiro atoms. The van der Waals surface area contributed by atoms with Crippen molar-refractivity contribution in [3.63, 3.8) is 0 Å². The molecule has 6 aliphatic heterocycles. The molecule has 6 aliphatic rings. The lowest BCUT2D eigenvalue weighted by molar-refractivity contribution is 0.409. The van der Waals surface area contributed by atoms with E-state index in [0.717, 1.165) is 0 Å². The lowest BCUT2D eigenvalue weighted by atomic mass is 10.1. The maximum absolute atomic E-state index is 13.4. The van der Waals surface area contributed by atoms with Crippen LogP contribution in [0.4, 0.5) is 0 Å². The molecule has 0 aromatic heterocycles. The van der Waals surface area contributed by atoms with Crippen molar-refractivity contribution in [2.24, 2.45) is 0 Å². The van der Waals surface area contributed by atoms with E-state index in [9.17, 15) is 25.3 Å². The first-order valence-electron chi connectivity index (χ1n) is 13.2. The summed E-state index contributed by atoms with van der Waals surface area (Å²) in [5, 5.41) is 0. The molecule has 0 saturated heterocycles. The van der Waals surface area contributed by atoms with Gasteiger partial charge < -0.3 is 14.2 Å². The van der Waals surface area contributed by atoms with Gasteiger partial charge in [0.05, 0.1) is 55.8 Å². The molecule has 0 N–H and O–H groups in total. The van der Waals surface area contributed by atoms with Gasteiger partial charge in [-0.05, 0) is 72.4 Å². The first-order valence-corrected chi connectivity index (χ1v) is 18.6. The molecule has 0 radical (unpaired) electrons. The molecule has 9 nitrogen and oxygen atoms in total. The molecule has 0 saturated carbocycles. The molecule has 6 heterocycles. The van der Waals surface area contributed by atoms with Gasteiger partial charge in [-0.15, -0.1) is 0 Å². The first kappa shape index (κ1) is 31.8. The molecule has 0 unspecified atom stereocenters. The van der Waals surface area contributed by atoms with Crippen LogP contribution in [0.5, 0.6) is 17.2 Å². The lowest BCUT2D eigenvalue weighted by Gasteiger charge is -2.16. The normalized spacial score (nSPS) is 17.9. The summed E-state index contributed by atoms with van der Waals surface area (Å²) in [6.45, 7) is 5.22. The van der Waals surface area contributed by atoms with E-state index in [2.05, 4.69) is 0 Å². The Bertz CT molecular complexity index is 1860. The molecular weight excluding hydrogens is 601 g/mol. The van der Waals surface area contributed by atoms with Crippen molar-refractivity contribution >= 4 is 29.5 Å². The molecule has 12 heteroatoms. The topological polar surface area (TPSA) is 130 Å². The maximum atomic E-state index is 13.4. The number of sulfone groups is 3. The fourth-order valence-corrected chi connectivity index (χ4v) is 10.1. The third kappa shape index (κ3) is 7.27. The Kier molecular flexibility index (Phi) is 9.01. The average molecular weight is 637 g/mol. The Balaban J connectivity index is 1.92. The minimum atomic E-state index is -3.74. The minimum Gasteiger partial charge on any atom is -0.496 e. The Labute approximate surface area is 248 Å². The predicted octanol–water partition coefficient (Wildman–Crippen LogP) is 4.30. The number of rotatable bonds is 3. The van der Waals surface area contributed by atoms with Gasteiger partial charge in [-0.2, -0.15) is 0 Å². The van der Waals surface area contributed by atoms with Crippen molar-refractivity contribution in [1.82, 2.24) is 0 Å². The van der Waals surface area contributed by atoms with Crippen molar-refractivity contribution in [2.75, 3.05) is 21.3 Å². The van der Waals surface area contributed by atoms with Crippen LogP contribution in [-0.4, -0.2) is 46.6 Å². The van der Waals surface area contributed by atoms with E-state index in [4.69, 9.17) is 14.2 Å². The second-order valence-electron chi connectivity index (χ2n) is 10.9. The van der Waals surface area contributed by atoms with Gasteiger partial charge in [-0.3, -0.25) is 0 Å². The van der Waals surface area contributed by atoms with E-state index in [0.29, 0.717) is 50.1 Å².